The fourth-order valence-corrected chi connectivity index (χ4v) is 23.6. The maximum atomic E-state index is 8.89. The standard InChI is InChI=1S/2C38H33N2S.C20H26NSi.C19H23N2Si.2Ir/c1-23(2)29-21-28(26-13-7-6-8-14-26)22-30(24(3)4)37(29)40-33-16-10-9-15-32(33)39-38(40)27-18-19-34-31(20-27)36-25(5)12-11-17-35(36)41-34;1-23(2)29-21-28(26-11-7-6-8-12-26)22-30(24(3)4)37(29)40-34-14-10-9-13-33(34)39-38(40)27-16-18-36-32(20-27)31-19-25(5)15-17-35(31)41-36;1-22(2,3)20-15-21-19(17-12-8-5-9-13-17)14-18(20)16-10-6-4-7-11-16;1-14(2)10-17-11-18(21-13-19(17)22(3,4)5)16-8-6-15(12-20)7-9-16;;/h6-17,19-24H,1-5H3;6-15,17-24H,1-5H3;5,8-9,12,14-16H,4,6-7,10-11H2,1-3H3;6-8,11,13-14H,10H2,1-5H3;;/q4*-1;;. The first-order chi connectivity index (χ1) is 60.6. The van der Waals surface area contributed by atoms with Crippen LogP contribution in [0.5, 0.6) is 0 Å². The van der Waals surface area contributed by atoms with Gasteiger partial charge in [-0.3, -0.25) is 9.97 Å². The second-order valence-electron chi connectivity index (χ2n) is 38.0. The van der Waals surface area contributed by atoms with Crippen LogP contribution >= 0.6 is 22.7 Å². The molecule has 0 spiro atoms. The summed E-state index contributed by atoms with van der Waals surface area (Å²) in [6, 6.07) is 104. The van der Waals surface area contributed by atoms with Gasteiger partial charge in [0.1, 0.15) is 0 Å². The molecule has 1 fully saturated rings. The number of aryl methyl sites for hydroxylation is 2. The van der Waals surface area contributed by atoms with Gasteiger partial charge in [-0.25, -0.2) is 5.26 Å². The van der Waals surface area contributed by atoms with Crippen molar-refractivity contribution in [3.63, 3.8) is 0 Å². The zero-order valence-corrected chi connectivity index (χ0v) is 85.6. The van der Waals surface area contributed by atoms with Crippen LogP contribution in [-0.2, 0) is 46.6 Å². The van der Waals surface area contributed by atoms with Crippen LogP contribution in [0.2, 0.25) is 39.3 Å². The molecule has 0 bridgehead atoms. The van der Waals surface area contributed by atoms with Crippen molar-refractivity contribution >= 4 is 112 Å². The summed E-state index contributed by atoms with van der Waals surface area (Å²) in [5, 5.41) is 17.1. The summed E-state index contributed by atoms with van der Waals surface area (Å²) < 4.78 is 9.97. The Morgan fingerprint density at radius 2 is 0.906 bits per heavy atom. The Morgan fingerprint density at radius 1 is 0.430 bits per heavy atom. The average Bonchev–Trinajstić information content (AvgIpc) is 1.58. The first-order valence-electron chi connectivity index (χ1n) is 45.2. The van der Waals surface area contributed by atoms with E-state index in [4.69, 9.17) is 20.2 Å². The van der Waals surface area contributed by atoms with Crippen LogP contribution in [0.4, 0.5) is 0 Å². The number of hydrogen-bond donors (Lipinski definition) is 0. The second-order valence-corrected chi connectivity index (χ2v) is 50.2. The van der Waals surface area contributed by atoms with Gasteiger partial charge < -0.3 is 19.1 Å². The van der Waals surface area contributed by atoms with E-state index in [0.717, 1.165) is 79.7 Å². The number of thiophene rings is 2. The number of fused-ring (bicyclic) bond motifs is 8. The molecule has 6 heterocycles. The molecule has 18 aromatic rings. The number of imidazole rings is 2. The van der Waals surface area contributed by atoms with Crippen LogP contribution in [0, 0.1) is 55.4 Å². The molecule has 1 saturated carbocycles. The molecule has 0 atom stereocenters. The molecular weight excluding hydrogens is 1980 g/mol. The van der Waals surface area contributed by atoms with E-state index < -0.39 is 16.1 Å². The summed E-state index contributed by atoms with van der Waals surface area (Å²) in [7, 11) is -2.76. The van der Waals surface area contributed by atoms with Crippen LogP contribution < -0.4 is 10.4 Å². The average molecular weight is 2100 g/mol. The SMILES string of the molecule is CC(C)Cc1cc(-c2[c-]cc(C#N)cc2)ncc1[Si](C)(C)C.C[Si](C)(C)c1cnc(-c2[c-]cccc2)cc1C1CCCCC1.Cc1ccc2sc3c[c-]c(-c4nc5ccccc5n4-c4c(C(C)C)cc(-c5ccccc5)cc4C(C)C)cc3c2c1.Cc1cccc2sc3c[c-]c(-c4nc5ccccc5n4-c4c(C(C)C)cc(-c5ccccc5)cc4C(C)C)cc3c12.[Ir].[Ir]. The Balaban J connectivity index is 0.000000143. The molecular formula is C115H115Ir2N7S2Si2-4. The first-order valence-corrected chi connectivity index (χ1v) is 53.8. The van der Waals surface area contributed by atoms with E-state index in [1.165, 1.54) is 150 Å². The Labute approximate surface area is 796 Å². The van der Waals surface area contributed by atoms with Crippen molar-refractivity contribution in [2.75, 3.05) is 0 Å². The van der Waals surface area contributed by atoms with Crippen LogP contribution in [0.15, 0.2) is 261 Å². The van der Waals surface area contributed by atoms with E-state index >= 15 is 0 Å². The first kappa shape index (κ1) is 93.7. The molecule has 0 unspecified atom stereocenters. The maximum Gasteiger partial charge on any atom is 0.0799 e. The van der Waals surface area contributed by atoms with Gasteiger partial charge in [-0.2, -0.15) is 22.7 Å². The fourth-order valence-electron chi connectivity index (χ4n) is 18.3. The van der Waals surface area contributed by atoms with Gasteiger partial charge in [-0.1, -0.05) is 277 Å². The van der Waals surface area contributed by atoms with Crippen molar-refractivity contribution in [2.24, 2.45) is 5.92 Å². The number of nitriles is 1. The van der Waals surface area contributed by atoms with Crippen molar-refractivity contribution in [1.29, 1.82) is 5.26 Å². The molecule has 12 aromatic carbocycles. The van der Waals surface area contributed by atoms with Crippen molar-refractivity contribution in [3.05, 3.63) is 335 Å². The molecule has 7 nitrogen and oxygen atoms in total. The van der Waals surface area contributed by atoms with Gasteiger partial charge in [0.25, 0.3) is 0 Å². The minimum atomic E-state index is -1.40. The van der Waals surface area contributed by atoms with E-state index in [9.17, 15) is 0 Å². The Kier molecular flexibility index (Phi) is 29.5. The number of para-hydroxylation sites is 4. The van der Waals surface area contributed by atoms with Crippen LogP contribution in [0.25, 0.3) is 141 Å². The molecule has 2 radical (unpaired) electrons. The van der Waals surface area contributed by atoms with Crippen molar-refractivity contribution < 1.29 is 40.2 Å². The van der Waals surface area contributed by atoms with Crippen LogP contribution in [0.1, 0.15) is 181 Å². The quantitative estimate of drug-likeness (QED) is 0.0670. The van der Waals surface area contributed by atoms with Crippen LogP contribution in [0.3, 0.4) is 0 Å². The summed E-state index contributed by atoms with van der Waals surface area (Å²) >= 11 is 3.67. The largest absolute Gasteiger partial charge is 0.333 e. The predicted molar refractivity (Wildman–Crippen MR) is 545 cm³/mol. The second kappa shape index (κ2) is 40.3. The minimum absolute atomic E-state index is 0. The van der Waals surface area contributed by atoms with E-state index in [1.807, 2.05) is 46.9 Å². The zero-order chi connectivity index (χ0) is 88.4. The minimum Gasteiger partial charge on any atom is -0.333 e. The third kappa shape index (κ3) is 20.1. The molecule has 0 N–H and O–H groups in total. The molecule has 0 aliphatic heterocycles. The number of benzene rings is 12. The summed E-state index contributed by atoms with van der Waals surface area (Å²) in [4.78, 5) is 20.0. The van der Waals surface area contributed by atoms with Gasteiger partial charge in [0.05, 0.1) is 49.9 Å². The van der Waals surface area contributed by atoms with Gasteiger partial charge in [-0.05, 0) is 227 Å². The molecule has 6 aromatic heterocycles. The number of aromatic nitrogens is 6. The Bertz CT molecular complexity index is 6950. The van der Waals surface area contributed by atoms with Gasteiger partial charge in [0.15, 0.2) is 0 Å². The molecule has 128 heavy (non-hydrogen) atoms. The molecule has 1 aliphatic rings. The van der Waals surface area contributed by atoms with E-state index in [0.29, 0.717) is 35.2 Å². The topological polar surface area (TPSA) is 85.2 Å². The summed E-state index contributed by atoms with van der Waals surface area (Å²) in [5.41, 5.74) is 29.4. The van der Waals surface area contributed by atoms with Crippen molar-refractivity contribution in [2.45, 2.75) is 190 Å². The molecule has 0 amide bonds. The molecule has 13 heteroatoms. The van der Waals surface area contributed by atoms with Gasteiger partial charge >= 0.3 is 0 Å². The maximum absolute atomic E-state index is 8.89. The van der Waals surface area contributed by atoms with E-state index in [-0.39, 0.29) is 40.2 Å². The fraction of sp³-hybridized carbons (Fsp3) is 0.261. The third-order valence-corrected chi connectivity index (χ3v) is 31.1. The number of nitrogens with zero attached hydrogens (tertiary/aromatic N) is 7. The number of rotatable bonds is 17. The van der Waals surface area contributed by atoms with Gasteiger partial charge in [0.2, 0.25) is 0 Å². The molecule has 19 rings (SSSR count). The smallest absolute Gasteiger partial charge is 0.0799 e. The summed E-state index contributed by atoms with van der Waals surface area (Å²) in [5.74, 6) is 4.56. The molecule has 1 aliphatic carbocycles. The Morgan fingerprint density at radius 3 is 1.41 bits per heavy atom. The number of pyridine rings is 2. The van der Waals surface area contributed by atoms with Gasteiger partial charge in [0, 0.05) is 79.4 Å². The predicted octanol–water partition coefficient (Wildman–Crippen LogP) is 31.5. The molecule has 652 valence electrons. The van der Waals surface area contributed by atoms with E-state index in [1.54, 1.807) is 16.8 Å². The summed E-state index contributed by atoms with van der Waals surface area (Å²) in [6.07, 6.45) is 12.2. The van der Waals surface area contributed by atoms with Crippen molar-refractivity contribution in [3.8, 4) is 85.0 Å². The Hall–Kier alpha value is -10.5. The van der Waals surface area contributed by atoms with Crippen molar-refractivity contribution in [1.82, 2.24) is 29.1 Å². The van der Waals surface area contributed by atoms with Gasteiger partial charge in [-0.15, -0.1) is 113 Å². The normalized spacial score (nSPS) is 12.5. The zero-order valence-electron chi connectivity index (χ0n) is 77.1. The summed E-state index contributed by atoms with van der Waals surface area (Å²) in [6.45, 7) is 41.7. The van der Waals surface area contributed by atoms with Crippen LogP contribution in [-0.4, -0.2) is 45.2 Å². The monoisotopic (exact) mass is 2100 g/mol. The molecule has 0 saturated heterocycles. The number of hydrogen-bond acceptors (Lipinski definition) is 7. The van der Waals surface area contributed by atoms with E-state index in [2.05, 4.69) is 398 Å². The third-order valence-electron chi connectivity index (χ3n) is 24.7.